The Morgan fingerprint density at radius 3 is 2.43 bits per heavy atom. The van der Waals surface area contributed by atoms with E-state index in [1.807, 2.05) is 27.0 Å². The van der Waals surface area contributed by atoms with Crippen molar-refractivity contribution >= 4 is 10.0 Å². The first-order chi connectivity index (χ1) is 9.86. The Labute approximate surface area is 128 Å². The number of aryl methyl sites for hydroxylation is 1. The Morgan fingerprint density at radius 2 is 1.95 bits per heavy atom. The highest BCUT2D eigenvalue weighted by Crippen LogP contribution is 2.21. The highest BCUT2D eigenvalue weighted by molar-refractivity contribution is 7.89. The van der Waals surface area contributed by atoms with Gasteiger partial charge >= 0.3 is 0 Å². The van der Waals surface area contributed by atoms with Crippen LogP contribution in [-0.4, -0.2) is 32.9 Å². The maximum absolute atomic E-state index is 12.7. The molecule has 0 saturated carbocycles. The molecule has 0 atom stereocenters. The summed E-state index contributed by atoms with van der Waals surface area (Å²) >= 11 is 0. The molecule has 0 amide bonds. The second-order valence-corrected chi connectivity index (χ2v) is 7.14. The van der Waals surface area contributed by atoms with Crippen LogP contribution in [0.25, 0.3) is 0 Å². The van der Waals surface area contributed by atoms with E-state index in [0.29, 0.717) is 24.5 Å². The van der Waals surface area contributed by atoms with Crippen molar-refractivity contribution in [2.24, 2.45) is 0 Å². The molecule has 0 aliphatic rings. The van der Waals surface area contributed by atoms with E-state index in [9.17, 15) is 8.42 Å². The number of rotatable bonds is 8. The standard InChI is InChI=1S/C16H26N2O2S/c1-6-14-8-9-16(10-15(14)11-17-5)21(19,20)18(7-2)12-13(3)4/h8-10,17H,3,6-7,11-12H2,1-2,4-5H3. The molecule has 21 heavy (non-hydrogen) atoms. The largest absolute Gasteiger partial charge is 0.316 e. The van der Waals surface area contributed by atoms with Crippen molar-refractivity contribution in [2.75, 3.05) is 20.1 Å². The van der Waals surface area contributed by atoms with E-state index in [4.69, 9.17) is 0 Å². The lowest BCUT2D eigenvalue weighted by atomic mass is 10.1. The van der Waals surface area contributed by atoms with Crippen molar-refractivity contribution in [2.45, 2.75) is 38.6 Å². The third-order valence-corrected chi connectivity index (χ3v) is 5.28. The van der Waals surface area contributed by atoms with Crippen LogP contribution in [0.4, 0.5) is 0 Å². The summed E-state index contributed by atoms with van der Waals surface area (Å²) in [4.78, 5) is 0.355. The summed E-state index contributed by atoms with van der Waals surface area (Å²) < 4.78 is 26.9. The molecule has 0 bridgehead atoms. The van der Waals surface area contributed by atoms with Crippen molar-refractivity contribution in [1.82, 2.24) is 9.62 Å². The zero-order chi connectivity index (χ0) is 16.0. The summed E-state index contributed by atoms with van der Waals surface area (Å²) in [6, 6.07) is 5.40. The van der Waals surface area contributed by atoms with Gasteiger partial charge in [0.25, 0.3) is 0 Å². The zero-order valence-electron chi connectivity index (χ0n) is 13.4. The summed E-state index contributed by atoms with van der Waals surface area (Å²) in [7, 11) is -1.61. The second-order valence-electron chi connectivity index (χ2n) is 5.20. The second kappa shape index (κ2) is 7.73. The average Bonchev–Trinajstić information content (AvgIpc) is 2.44. The number of hydrogen-bond acceptors (Lipinski definition) is 3. The maximum atomic E-state index is 12.7. The Kier molecular flexibility index (Phi) is 6.58. The van der Waals surface area contributed by atoms with Gasteiger partial charge in [-0.05, 0) is 43.7 Å². The summed E-state index contributed by atoms with van der Waals surface area (Å²) in [5, 5.41) is 3.09. The monoisotopic (exact) mass is 310 g/mol. The van der Waals surface area contributed by atoms with E-state index >= 15 is 0 Å². The highest BCUT2D eigenvalue weighted by Gasteiger charge is 2.23. The van der Waals surface area contributed by atoms with Crippen molar-refractivity contribution < 1.29 is 8.42 Å². The summed E-state index contributed by atoms with van der Waals surface area (Å²) in [6.07, 6.45) is 0.889. The zero-order valence-corrected chi connectivity index (χ0v) is 14.3. The minimum Gasteiger partial charge on any atom is -0.316 e. The van der Waals surface area contributed by atoms with Gasteiger partial charge in [-0.15, -0.1) is 0 Å². The van der Waals surface area contributed by atoms with Gasteiger partial charge in [-0.2, -0.15) is 4.31 Å². The number of likely N-dealkylation sites (N-methyl/N-ethyl adjacent to an activating group) is 1. The smallest absolute Gasteiger partial charge is 0.243 e. The molecule has 1 N–H and O–H groups in total. The van der Waals surface area contributed by atoms with E-state index in [-0.39, 0.29) is 0 Å². The molecule has 5 heteroatoms. The molecule has 0 fully saturated rings. The number of hydrogen-bond donors (Lipinski definition) is 1. The lowest BCUT2D eigenvalue weighted by Gasteiger charge is -2.21. The predicted octanol–water partition coefficient (Wildman–Crippen LogP) is 2.56. The summed E-state index contributed by atoms with van der Waals surface area (Å²) in [5.74, 6) is 0. The number of benzene rings is 1. The molecule has 1 rings (SSSR count). The van der Waals surface area contributed by atoms with Gasteiger partial charge < -0.3 is 5.32 Å². The lowest BCUT2D eigenvalue weighted by Crippen LogP contribution is -2.32. The molecule has 0 aliphatic heterocycles. The van der Waals surface area contributed by atoms with Gasteiger partial charge in [0, 0.05) is 19.6 Å². The quantitative estimate of drug-likeness (QED) is 0.751. The van der Waals surface area contributed by atoms with Gasteiger partial charge in [0.1, 0.15) is 0 Å². The molecule has 0 aliphatic carbocycles. The van der Waals surface area contributed by atoms with E-state index in [1.54, 1.807) is 12.1 Å². The maximum Gasteiger partial charge on any atom is 0.243 e. The van der Waals surface area contributed by atoms with Crippen molar-refractivity contribution in [3.63, 3.8) is 0 Å². The van der Waals surface area contributed by atoms with Gasteiger partial charge in [-0.3, -0.25) is 0 Å². The molecular formula is C16H26N2O2S. The molecule has 4 nitrogen and oxygen atoms in total. The van der Waals surface area contributed by atoms with Crippen LogP contribution in [0.1, 0.15) is 31.9 Å². The lowest BCUT2D eigenvalue weighted by molar-refractivity contribution is 0.452. The number of nitrogens with zero attached hydrogens (tertiary/aromatic N) is 1. The predicted molar refractivity (Wildman–Crippen MR) is 87.8 cm³/mol. The van der Waals surface area contributed by atoms with Gasteiger partial charge in [0.05, 0.1) is 4.90 Å². The van der Waals surface area contributed by atoms with Crippen LogP contribution in [0.3, 0.4) is 0 Å². The minimum absolute atomic E-state index is 0.355. The van der Waals surface area contributed by atoms with E-state index < -0.39 is 10.0 Å². The van der Waals surface area contributed by atoms with Gasteiger partial charge in [0.2, 0.25) is 10.0 Å². The molecule has 1 aromatic carbocycles. The van der Waals surface area contributed by atoms with Gasteiger partial charge in [0.15, 0.2) is 0 Å². The number of sulfonamides is 1. The normalized spacial score (nSPS) is 11.9. The van der Waals surface area contributed by atoms with Crippen molar-refractivity contribution in [1.29, 1.82) is 0 Å². The molecule has 0 saturated heterocycles. The van der Waals surface area contributed by atoms with Crippen LogP contribution in [0.2, 0.25) is 0 Å². The molecule has 0 spiro atoms. The van der Waals surface area contributed by atoms with Crippen LogP contribution in [0.5, 0.6) is 0 Å². The molecule has 0 unspecified atom stereocenters. The molecular weight excluding hydrogens is 284 g/mol. The first-order valence-corrected chi connectivity index (χ1v) is 8.71. The third-order valence-electron chi connectivity index (χ3n) is 3.36. The topological polar surface area (TPSA) is 49.4 Å². The first-order valence-electron chi connectivity index (χ1n) is 7.27. The summed E-state index contributed by atoms with van der Waals surface area (Å²) in [6.45, 7) is 11.0. The van der Waals surface area contributed by atoms with Gasteiger partial charge in [-0.25, -0.2) is 8.42 Å². The first kappa shape index (κ1) is 17.9. The fourth-order valence-electron chi connectivity index (χ4n) is 2.28. The van der Waals surface area contributed by atoms with E-state index in [0.717, 1.165) is 17.6 Å². The van der Waals surface area contributed by atoms with E-state index in [1.165, 1.54) is 9.87 Å². The Morgan fingerprint density at radius 1 is 1.29 bits per heavy atom. The molecule has 0 radical (unpaired) electrons. The third kappa shape index (κ3) is 4.40. The Bertz CT molecular complexity index is 594. The fraction of sp³-hybridized carbons (Fsp3) is 0.500. The van der Waals surface area contributed by atoms with E-state index in [2.05, 4.69) is 18.8 Å². The number of nitrogens with one attached hydrogen (secondary N) is 1. The summed E-state index contributed by atoms with van der Waals surface area (Å²) in [5.41, 5.74) is 3.04. The molecule has 118 valence electrons. The van der Waals surface area contributed by atoms with Crippen LogP contribution < -0.4 is 5.32 Å². The highest BCUT2D eigenvalue weighted by atomic mass is 32.2. The molecule has 1 aromatic rings. The van der Waals surface area contributed by atoms with Gasteiger partial charge in [-0.1, -0.05) is 32.1 Å². The van der Waals surface area contributed by atoms with Crippen molar-refractivity contribution in [3.8, 4) is 0 Å². The van der Waals surface area contributed by atoms with Crippen LogP contribution >= 0.6 is 0 Å². The molecule has 0 aromatic heterocycles. The fourth-order valence-corrected chi connectivity index (χ4v) is 3.84. The van der Waals surface area contributed by atoms with Crippen LogP contribution in [0.15, 0.2) is 35.2 Å². The van der Waals surface area contributed by atoms with Crippen molar-refractivity contribution in [3.05, 3.63) is 41.5 Å². The Balaban J connectivity index is 3.24. The SMILES string of the molecule is C=C(C)CN(CC)S(=O)(=O)c1ccc(CC)c(CNC)c1. The average molecular weight is 310 g/mol. The Hall–Kier alpha value is -1.17. The molecule has 0 heterocycles. The van der Waals surface area contributed by atoms with Crippen LogP contribution in [0, 0.1) is 0 Å². The minimum atomic E-state index is -3.47. The van der Waals surface area contributed by atoms with Crippen LogP contribution in [-0.2, 0) is 23.0 Å².